The Kier molecular flexibility index (Phi) is 4.81. The third kappa shape index (κ3) is 3.19. The van der Waals surface area contributed by atoms with E-state index in [2.05, 4.69) is 15.9 Å². The van der Waals surface area contributed by atoms with E-state index in [9.17, 15) is 9.59 Å². The molecule has 1 aromatic rings. The topological polar surface area (TPSA) is 52.6 Å². The fourth-order valence-electron chi connectivity index (χ4n) is 3.68. The maximum Gasteiger partial charge on any atom is 0.148 e. The van der Waals surface area contributed by atoms with Gasteiger partial charge in [-0.05, 0) is 30.4 Å². The summed E-state index contributed by atoms with van der Waals surface area (Å²) in [6.07, 6.45) is 2.34. The Morgan fingerprint density at radius 1 is 1.22 bits per heavy atom. The zero-order valence-electron chi connectivity index (χ0n) is 12.9. The average molecular weight is 402 g/mol. The molecule has 0 atom stereocenters. The van der Waals surface area contributed by atoms with Gasteiger partial charge in [-0.3, -0.25) is 9.59 Å². The van der Waals surface area contributed by atoms with Crippen LogP contribution < -0.4 is 4.74 Å². The molecule has 3 rings (SSSR count). The third-order valence-corrected chi connectivity index (χ3v) is 5.63. The van der Waals surface area contributed by atoms with E-state index in [4.69, 9.17) is 21.1 Å². The van der Waals surface area contributed by atoms with Gasteiger partial charge < -0.3 is 9.47 Å². The van der Waals surface area contributed by atoms with E-state index in [1.165, 1.54) is 7.11 Å². The summed E-state index contributed by atoms with van der Waals surface area (Å²) in [5.41, 5.74) is 0.270. The van der Waals surface area contributed by atoms with Gasteiger partial charge in [0.2, 0.25) is 0 Å². The predicted octanol–water partition coefficient (Wildman–Crippen LogP) is 3.92. The van der Waals surface area contributed by atoms with Crippen LogP contribution in [0.25, 0.3) is 0 Å². The molecule has 1 spiro atoms. The summed E-state index contributed by atoms with van der Waals surface area (Å²) < 4.78 is 11.5. The number of benzene rings is 1. The van der Waals surface area contributed by atoms with Crippen LogP contribution in [-0.2, 0) is 14.3 Å². The number of Topliss-reactive ketones (excluding diaryl/α,β-unsaturated/α-hetero) is 2. The van der Waals surface area contributed by atoms with E-state index in [1.54, 1.807) is 12.1 Å². The van der Waals surface area contributed by atoms with Crippen LogP contribution in [0.4, 0.5) is 0 Å². The van der Waals surface area contributed by atoms with E-state index in [1.807, 2.05) is 0 Å². The molecule has 1 aliphatic heterocycles. The van der Waals surface area contributed by atoms with Gasteiger partial charge in [-0.15, -0.1) is 0 Å². The minimum atomic E-state index is -0.820. The second-order valence-electron chi connectivity index (χ2n) is 6.34. The molecule has 2 fully saturated rings. The van der Waals surface area contributed by atoms with E-state index >= 15 is 0 Å². The molecule has 6 heteroatoms. The van der Waals surface area contributed by atoms with Gasteiger partial charge in [-0.1, -0.05) is 27.5 Å². The first-order valence-corrected chi connectivity index (χ1v) is 8.79. The Hall–Kier alpha value is -0.910. The highest BCUT2D eigenvalue weighted by Crippen LogP contribution is 2.48. The second-order valence-corrected chi connectivity index (χ2v) is 7.66. The number of ketones is 2. The van der Waals surface area contributed by atoms with Gasteiger partial charge in [0.15, 0.2) is 0 Å². The Balaban J connectivity index is 1.96. The Morgan fingerprint density at radius 3 is 2.39 bits per heavy atom. The number of hydrogen-bond donors (Lipinski definition) is 0. The number of carbonyl (C=O) groups is 2. The second kappa shape index (κ2) is 6.54. The highest BCUT2D eigenvalue weighted by molar-refractivity contribution is 9.10. The maximum absolute atomic E-state index is 12.8. The first kappa shape index (κ1) is 16.9. The van der Waals surface area contributed by atoms with Crippen molar-refractivity contribution in [2.24, 2.45) is 5.41 Å². The predicted molar refractivity (Wildman–Crippen MR) is 90.2 cm³/mol. The molecule has 2 aliphatic rings. The van der Waals surface area contributed by atoms with Crippen LogP contribution in [0.1, 0.15) is 37.2 Å². The first-order valence-electron chi connectivity index (χ1n) is 7.62. The average Bonchev–Trinajstić information content (AvgIpc) is 2.48. The van der Waals surface area contributed by atoms with Gasteiger partial charge in [0.1, 0.15) is 23.2 Å². The largest absolute Gasteiger partial charge is 0.496 e. The van der Waals surface area contributed by atoms with E-state index in [0.29, 0.717) is 42.4 Å². The summed E-state index contributed by atoms with van der Waals surface area (Å²) in [5, 5.41) is 0.380. The Labute approximate surface area is 148 Å². The number of methoxy groups -OCH3 is 1. The third-order valence-electron chi connectivity index (χ3n) is 4.86. The molecule has 124 valence electrons. The van der Waals surface area contributed by atoms with Crippen molar-refractivity contribution < 1.29 is 19.1 Å². The van der Waals surface area contributed by atoms with Gasteiger partial charge in [0, 0.05) is 41.1 Å². The van der Waals surface area contributed by atoms with Crippen molar-refractivity contribution >= 4 is 39.1 Å². The first-order chi connectivity index (χ1) is 11.0. The van der Waals surface area contributed by atoms with Crippen LogP contribution in [0, 0.1) is 5.41 Å². The van der Waals surface area contributed by atoms with Gasteiger partial charge in [-0.25, -0.2) is 0 Å². The van der Waals surface area contributed by atoms with E-state index in [0.717, 1.165) is 17.3 Å². The molecular formula is C17H18BrClO4. The van der Waals surface area contributed by atoms with E-state index < -0.39 is 5.92 Å². The molecule has 4 nitrogen and oxygen atoms in total. The number of halogens is 2. The lowest BCUT2D eigenvalue weighted by Gasteiger charge is -2.41. The van der Waals surface area contributed by atoms with Crippen molar-refractivity contribution in [3.05, 3.63) is 27.2 Å². The van der Waals surface area contributed by atoms with Gasteiger partial charge in [0.25, 0.3) is 0 Å². The summed E-state index contributed by atoms with van der Waals surface area (Å²) in [4.78, 5) is 25.6. The lowest BCUT2D eigenvalue weighted by atomic mass is 9.64. The maximum atomic E-state index is 12.8. The van der Waals surface area contributed by atoms with Crippen molar-refractivity contribution in [2.75, 3.05) is 20.3 Å². The molecule has 1 aliphatic carbocycles. The van der Waals surface area contributed by atoms with Crippen molar-refractivity contribution in [2.45, 2.75) is 31.6 Å². The van der Waals surface area contributed by atoms with Crippen LogP contribution in [0.2, 0.25) is 5.02 Å². The van der Waals surface area contributed by atoms with E-state index in [-0.39, 0.29) is 17.0 Å². The van der Waals surface area contributed by atoms with Gasteiger partial charge >= 0.3 is 0 Å². The smallest absolute Gasteiger partial charge is 0.148 e. The minimum Gasteiger partial charge on any atom is -0.496 e. The molecule has 1 heterocycles. The summed E-state index contributed by atoms with van der Waals surface area (Å²) in [5.74, 6) is -0.477. The minimum absolute atomic E-state index is 0.0642. The van der Waals surface area contributed by atoms with Crippen LogP contribution in [0.15, 0.2) is 16.6 Å². The molecule has 1 saturated heterocycles. The SMILES string of the molecule is COc1cc(Br)cc(Cl)c1C1C(=O)CC2(CCOCC2)CC1=O. The van der Waals surface area contributed by atoms with Crippen LogP contribution in [-0.4, -0.2) is 31.9 Å². The summed E-state index contributed by atoms with van der Waals surface area (Å²) in [7, 11) is 1.51. The number of hydrogen-bond acceptors (Lipinski definition) is 4. The molecule has 0 aromatic heterocycles. The highest BCUT2D eigenvalue weighted by atomic mass is 79.9. The molecular weight excluding hydrogens is 384 g/mol. The molecule has 0 amide bonds. The van der Waals surface area contributed by atoms with Crippen molar-refractivity contribution in [3.8, 4) is 5.75 Å². The summed E-state index contributed by atoms with van der Waals surface area (Å²) in [6, 6.07) is 3.43. The molecule has 0 N–H and O–H groups in total. The number of rotatable bonds is 2. The van der Waals surface area contributed by atoms with Crippen LogP contribution >= 0.6 is 27.5 Å². The fraction of sp³-hybridized carbons (Fsp3) is 0.529. The lowest BCUT2D eigenvalue weighted by molar-refractivity contribution is -0.139. The zero-order chi connectivity index (χ0) is 16.6. The van der Waals surface area contributed by atoms with Crippen LogP contribution in [0.5, 0.6) is 5.75 Å². The Morgan fingerprint density at radius 2 is 1.83 bits per heavy atom. The number of carbonyl (C=O) groups excluding carboxylic acids is 2. The molecule has 1 aromatic carbocycles. The normalized spacial score (nSPS) is 21.7. The molecule has 23 heavy (non-hydrogen) atoms. The number of ether oxygens (including phenoxy) is 2. The quantitative estimate of drug-likeness (QED) is 0.705. The fourth-order valence-corrected chi connectivity index (χ4v) is 4.56. The summed E-state index contributed by atoms with van der Waals surface area (Å²) in [6.45, 7) is 1.24. The van der Waals surface area contributed by atoms with Crippen molar-refractivity contribution in [1.29, 1.82) is 0 Å². The zero-order valence-corrected chi connectivity index (χ0v) is 15.2. The monoisotopic (exact) mass is 400 g/mol. The van der Waals surface area contributed by atoms with Crippen molar-refractivity contribution in [1.82, 2.24) is 0 Å². The van der Waals surface area contributed by atoms with Crippen molar-refractivity contribution in [3.63, 3.8) is 0 Å². The lowest BCUT2D eigenvalue weighted by Crippen LogP contribution is -2.42. The van der Waals surface area contributed by atoms with Gasteiger partial charge in [-0.2, -0.15) is 0 Å². The molecule has 0 unspecified atom stereocenters. The molecule has 0 bridgehead atoms. The standard InChI is InChI=1S/C17H18BrClO4/c1-22-14-7-10(18)6-11(19)15(14)16-12(20)8-17(9-13(16)21)2-4-23-5-3-17/h6-7,16H,2-5,8-9H2,1H3. The van der Waals surface area contributed by atoms with Crippen LogP contribution in [0.3, 0.4) is 0 Å². The highest BCUT2D eigenvalue weighted by Gasteiger charge is 2.47. The Bertz CT molecular complexity index is 632. The molecule has 0 radical (unpaired) electrons. The molecule has 1 saturated carbocycles. The van der Waals surface area contributed by atoms with Gasteiger partial charge in [0.05, 0.1) is 7.11 Å². The summed E-state index contributed by atoms with van der Waals surface area (Å²) >= 11 is 9.67.